The average Bonchev–Trinajstić information content (AvgIpc) is 3.45. The number of ether oxygens (including phenoxy) is 1. The van der Waals surface area contributed by atoms with Crippen molar-refractivity contribution in [3.8, 4) is 28.4 Å². The minimum absolute atomic E-state index is 0.0623. The summed E-state index contributed by atoms with van der Waals surface area (Å²) >= 11 is 0. The number of nitro benzene ring substituents is 2. The van der Waals surface area contributed by atoms with Crippen LogP contribution in [0.4, 0.5) is 11.4 Å². The van der Waals surface area contributed by atoms with Gasteiger partial charge in [-0.05, 0) is 66.1 Å². The van der Waals surface area contributed by atoms with Crippen LogP contribution in [-0.4, -0.2) is 19.6 Å². The Balaban J connectivity index is 1.53. The highest BCUT2D eigenvalue weighted by molar-refractivity contribution is 5.75. The first-order valence-electron chi connectivity index (χ1n) is 12.9. The van der Waals surface area contributed by atoms with Crippen LogP contribution in [0.5, 0.6) is 11.5 Å². The zero-order valence-corrected chi connectivity index (χ0v) is 21.4. The van der Waals surface area contributed by atoms with E-state index in [0.29, 0.717) is 30.0 Å². The molecular formula is C31H24N4O5. The molecule has 9 heteroatoms. The van der Waals surface area contributed by atoms with E-state index in [1.165, 1.54) is 27.9 Å². The predicted molar refractivity (Wildman–Crippen MR) is 150 cm³/mol. The molecule has 0 aliphatic heterocycles. The average molecular weight is 533 g/mol. The normalized spacial score (nSPS) is 12.5. The number of benzene rings is 4. The summed E-state index contributed by atoms with van der Waals surface area (Å²) in [5.74, 6) is 0.648. The van der Waals surface area contributed by atoms with Crippen molar-refractivity contribution in [2.45, 2.75) is 25.7 Å². The summed E-state index contributed by atoms with van der Waals surface area (Å²) in [4.78, 5) is 22.6. The van der Waals surface area contributed by atoms with Crippen LogP contribution in [0.25, 0.3) is 16.9 Å². The molecule has 1 heterocycles. The summed E-state index contributed by atoms with van der Waals surface area (Å²) < 4.78 is 7.91. The molecule has 198 valence electrons. The SMILES string of the molecule is O=[N+]([O-])c1ccccc1Oc1c2ccc(c1-c1ccn(-c3ccccc3[N+](=O)[O-])n1)CCc1ccc(cc1)CC2. The Bertz CT molecular complexity index is 1740. The zero-order chi connectivity index (χ0) is 27.6. The maximum atomic E-state index is 11.8. The molecule has 0 unspecified atom stereocenters. The van der Waals surface area contributed by atoms with Gasteiger partial charge in [0.1, 0.15) is 11.4 Å². The molecule has 9 rings (SSSR count). The molecule has 9 nitrogen and oxygen atoms in total. The Morgan fingerprint density at radius 3 is 1.98 bits per heavy atom. The van der Waals surface area contributed by atoms with Gasteiger partial charge in [-0.3, -0.25) is 20.2 Å². The molecule has 0 N–H and O–H groups in total. The van der Waals surface area contributed by atoms with Crippen LogP contribution in [0.1, 0.15) is 22.3 Å². The highest BCUT2D eigenvalue weighted by Gasteiger charge is 2.24. The molecule has 4 aliphatic carbocycles. The minimum atomic E-state index is -0.457. The van der Waals surface area contributed by atoms with Crippen molar-refractivity contribution < 1.29 is 14.6 Å². The van der Waals surface area contributed by atoms with Gasteiger partial charge in [-0.15, -0.1) is 0 Å². The van der Waals surface area contributed by atoms with Gasteiger partial charge in [0.15, 0.2) is 0 Å². The number of para-hydroxylation sites is 4. The Kier molecular flexibility index (Phi) is 6.53. The summed E-state index contributed by atoms with van der Waals surface area (Å²) in [5, 5.41) is 28.2. The maximum Gasteiger partial charge on any atom is 0.311 e. The van der Waals surface area contributed by atoms with Crippen molar-refractivity contribution in [1.29, 1.82) is 0 Å². The van der Waals surface area contributed by atoms with Crippen molar-refractivity contribution in [2.24, 2.45) is 0 Å². The smallest absolute Gasteiger partial charge is 0.311 e. The van der Waals surface area contributed by atoms with E-state index in [4.69, 9.17) is 9.84 Å². The van der Waals surface area contributed by atoms with Crippen molar-refractivity contribution in [1.82, 2.24) is 9.78 Å². The van der Waals surface area contributed by atoms with Crippen LogP contribution < -0.4 is 4.74 Å². The van der Waals surface area contributed by atoms with Crippen LogP contribution in [-0.2, 0) is 25.7 Å². The summed E-state index contributed by atoms with van der Waals surface area (Å²) in [6.07, 6.45) is 4.55. The quantitative estimate of drug-likeness (QED) is 0.171. The molecule has 4 bridgehead atoms. The fraction of sp³-hybridized carbons (Fsp3) is 0.129. The second kappa shape index (κ2) is 10.5. The van der Waals surface area contributed by atoms with Gasteiger partial charge in [-0.25, -0.2) is 4.68 Å². The van der Waals surface area contributed by atoms with E-state index in [9.17, 15) is 20.2 Å². The number of hydrogen-bond donors (Lipinski definition) is 0. The zero-order valence-electron chi connectivity index (χ0n) is 21.4. The van der Waals surface area contributed by atoms with E-state index in [0.717, 1.165) is 29.5 Å². The van der Waals surface area contributed by atoms with E-state index < -0.39 is 9.85 Å². The summed E-state index contributed by atoms with van der Waals surface area (Å²) in [6.45, 7) is 0. The van der Waals surface area contributed by atoms with Gasteiger partial charge in [0.2, 0.25) is 5.75 Å². The lowest BCUT2D eigenvalue weighted by Gasteiger charge is -2.20. The topological polar surface area (TPSA) is 113 Å². The molecule has 0 saturated carbocycles. The van der Waals surface area contributed by atoms with E-state index in [2.05, 4.69) is 30.3 Å². The first kappa shape index (κ1) is 25.0. The molecular weight excluding hydrogens is 508 g/mol. The largest absolute Gasteiger partial charge is 0.449 e. The fourth-order valence-electron chi connectivity index (χ4n) is 5.11. The van der Waals surface area contributed by atoms with Crippen molar-refractivity contribution in [3.63, 3.8) is 0 Å². The Hall–Kier alpha value is -5.31. The second-order valence-corrected chi connectivity index (χ2v) is 9.62. The van der Waals surface area contributed by atoms with Gasteiger partial charge in [-0.2, -0.15) is 5.10 Å². The maximum absolute atomic E-state index is 11.8. The molecule has 0 spiro atoms. The van der Waals surface area contributed by atoms with E-state index in [-0.39, 0.29) is 17.1 Å². The van der Waals surface area contributed by atoms with Gasteiger partial charge < -0.3 is 4.74 Å². The highest BCUT2D eigenvalue weighted by Crippen LogP contribution is 2.42. The monoisotopic (exact) mass is 532 g/mol. The van der Waals surface area contributed by atoms with E-state index in [1.807, 2.05) is 6.07 Å². The van der Waals surface area contributed by atoms with E-state index in [1.54, 1.807) is 48.7 Å². The van der Waals surface area contributed by atoms with Crippen LogP contribution in [0, 0.1) is 20.2 Å². The van der Waals surface area contributed by atoms with Crippen molar-refractivity contribution >= 4 is 11.4 Å². The lowest BCUT2D eigenvalue weighted by Crippen LogP contribution is -2.05. The first-order chi connectivity index (χ1) is 19.5. The molecule has 40 heavy (non-hydrogen) atoms. The number of rotatable bonds is 6. The summed E-state index contributed by atoms with van der Waals surface area (Å²) in [5.41, 5.74) is 5.68. The summed E-state index contributed by atoms with van der Waals surface area (Å²) in [7, 11) is 0. The summed E-state index contributed by atoms with van der Waals surface area (Å²) in [6, 6.07) is 27.2. The van der Waals surface area contributed by atoms with Crippen LogP contribution in [0.3, 0.4) is 0 Å². The lowest BCUT2D eigenvalue weighted by molar-refractivity contribution is -0.385. The number of aromatic nitrogens is 2. The van der Waals surface area contributed by atoms with Crippen LogP contribution in [0.2, 0.25) is 0 Å². The molecule has 5 aromatic rings. The van der Waals surface area contributed by atoms with Crippen LogP contribution in [0.15, 0.2) is 97.2 Å². The van der Waals surface area contributed by atoms with E-state index >= 15 is 0 Å². The molecule has 0 fully saturated rings. The Labute approximate surface area is 229 Å². The minimum Gasteiger partial charge on any atom is -0.449 e. The molecule has 4 aliphatic rings. The molecule has 0 atom stereocenters. The van der Waals surface area contributed by atoms with Gasteiger partial charge in [-0.1, -0.05) is 60.7 Å². The number of aryl methyl sites for hydroxylation is 4. The van der Waals surface area contributed by atoms with Gasteiger partial charge in [0.05, 0.1) is 15.5 Å². The fourth-order valence-corrected chi connectivity index (χ4v) is 5.11. The highest BCUT2D eigenvalue weighted by atomic mass is 16.6. The Morgan fingerprint density at radius 2 is 1.27 bits per heavy atom. The third-order valence-corrected chi connectivity index (χ3v) is 7.16. The lowest BCUT2D eigenvalue weighted by atomic mass is 9.91. The third-order valence-electron chi connectivity index (χ3n) is 7.16. The van der Waals surface area contributed by atoms with Crippen molar-refractivity contribution in [2.75, 3.05) is 0 Å². The number of hydrogen-bond acceptors (Lipinski definition) is 6. The number of nitro groups is 2. The molecule has 4 aromatic carbocycles. The number of nitrogens with zero attached hydrogens (tertiary/aromatic N) is 4. The second-order valence-electron chi connectivity index (χ2n) is 9.62. The van der Waals surface area contributed by atoms with Gasteiger partial charge in [0.25, 0.3) is 5.69 Å². The van der Waals surface area contributed by atoms with Crippen molar-refractivity contribution in [3.05, 3.63) is 140 Å². The van der Waals surface area contributed by atoms with Gasteiger partial charge in [0, 0.05) is 23.9 Å². The molecule has 1 aromatic heterocycles. The third kappa shape index (κ3) is 4.80. The predicted octanol–water partition coefficient (Wildman–Crippen LogP) is 7.03. The standard InChI is InChI=1S/C31H24N4O5/c36-34(37)27-6-2-1-5-26(27)33-20-19-25(32-33)30-23-15-13-21-9-11-22(12-10-21)14-16-24(18-17-23)31(30)40-29-8-4-3-7-28(29)35(38)39/h1-12,17-20H,13-16H2. The Morgan fingerprint density at radius 1 is 0.675 bits per heavy atom. The van der Waals surface area contributed by atoms with Gasteiger partial charge >= 0.3 is 5.69 Å². The molecule has 0 saturated heterocycles. The molecule has 0 amide bonds. The van der Waals surface area contributed by atoms with Crippen LogP contribution >= 0.6 is 0 Å². The molecule has 0 radical (unpaired) electrons. The first-order valence-corrected chi connectivity index (χ1v) is 12.9.